The van der Waals surface area contributed by atoms with Crippen LogP contribution in [0, 0.1) is 17.8 Å². The number of carbonyl (C=O) groups excluding carboxylic acids is 2. The Morgan fingerprint density at radius 3 is 2.17 bits per heavy atom. The van der Waals surface area contributed by atoms with Gasteiger partial charge < -0.3 is 20.5 Å². The lowest BCUT2D eigenvalue weighted by Crippen LogP contribution is -2.51. The van der Waals surface area contributed by atoms with Gasteiger partial charge in [0.2, 0.25) is 5.91 Å². The summed E-state index contributed by atoms with van der Waals surface area (Å²) in [4.78, 5) is 36.4. The highest BCUT2D eigenvalue weighted by Gasteiger charge is 2.33. The molecule has 2 amide bonds. The summed E-state index contributed by atoms with van der Waals surface area (Å²) in [5, 5.41) is 14.6. The second kappa shape index (κ2) is 10.9. The maximum atomic E-state index is 12.9. The number of amides is 2. The van der Waals surface area contributed by atoms with Gasteiger partial charge in [-0.2, -0.15) is 0 Å². The van der Waals surface area contributed by atoms with Crippen molar-refractivity contribution >= 4 is 18.0 Å². The fourth-order valence-corrected chi connectivity index (χ4v) is 5.28. The summed E-state index contributed by atoms with van der Waals surface area (Å²) in [6, 6.07) is 15.6. The Hall–Kier alpha value is -3.35. The first-order chi connectivity index (χ1) is 16.9. The molecule has 2 aliphatic carbocycles. The molecule has 3 N–H and O–H groups in total. The summed E-state index contributed by atoms with van der Waals surface area (Å²) in [7, 11) is 0. The third kappa shape index (κ3) is 5.66. The van der Waals surface area contributed by atoms with E-state index in [0.29, 0.717) is 6.54 Å². The van der Waals surface area contributed by atoms with E-state index in [9.17, 15) is 14.4 Å². The number of rotatable bonds is 10. The van der Waals surface area contributed by atoms with Crippen LogP contribution in [0.1, 0.15) is 56.6 Å². The van der Waals surface area contributed by atoms with E-state index in [0.717, 1.165) is 41.5 Å². The summed E-state index contributed by atoms with van der Waals surface area (Å²) < 4.78 is 5.64. The predicted octanol–water partition coefficient (Wildman–Crippen LogP) is 4.56. The molecule has 0 aliphatic heterocycles. The molecule has 4 rings (SSSR count). The molecule has 1 fully saturated rings. The molecule has 2 aromatic carbocycles. The van der Waals surface area contributed by atoms with Crippen LogP contribution in [0.3, 0.4) is 0 Å². The first kappa shape index (κ1) is 24.8. The Balaban J connectivity index is 1.31. The van der Waals surface area contributed by atoms with Crippen LogP contribution < -0.4 is 10.6 Å². The summed E-state index contributed by atoms with van der Waals surface area (Å²) in [6.07, 6.45) is 1.92. The minimum atomic E-state index is -0.776. The van der Waals surface area contributed by atoms with E-state index >= 15 is 0 Å². The average molecular weight is 479 g/mol. The lowest BCUT2D eigenvalue weighted by atomic mass is 9.73. The van der Waals surface area contributed by atoms with E-state index in [1.165, 1.54) is 0 Å². The van der Waals surface area contributed by atoms with Gasteiger partial charge in [0.1, 0.15) is 12.6 Å². The van der Waals surface area contributed by atoms with E-state index in [4.69, 9.17) is 9.84 Å². The lowest BCUT2D eigenvalue weighted by Gasteiger charge is -2.35. The van der Waals surface area contributed by atoms with Gasteiger partial charge in [0.05, 0.1) is 0 Å². The molecule has 0 heterocycles. The third-order valence-electron chi connectivity index (χ3n) is 7.47. The molecular formula is C28H34N2O5. The van der Waals surface area contributed by atoms with Gasteiger partial charge in [0.25, 0.3) is 0 Å². The van der Waals surface area contributed by atoms with Crippen molar-refractivity contribution in [2.75, 3.05) is 13.2 Å². The molecule has 35 heavy (non-hydrogen) atoms. The summed E-state index contributed by atoms with van der Waals surface area (Å²) in [6.45, 7) is 4.60. The maximum Gasteiger partial charge on any atom is 0.407 e. The Kier molecular flexibility index (Phi) is 7.73. The highest BCUT2D eigenvalue weighted by molar-refractivity contribution is 5.86. The van der Waals surface area contributed by atoms with Crippen LogP contribution in [0.15, 0.2) is 48.5 Å². The van der Waals surface area contributed by atoms with Crippen molar-refractivity contribution in [1.82, 2.24) is 10.6 Å². The molecule has 1 unspecified atom stereocenters. The summed E-state index contributed by atoms with van der Waals surface area (Å²) in [5.41, 5.74) is 4.60. The number of nitrogens with one attached hydrogen (secondary N) is 2. The molecule has 2 aliphatic rings. The quantitative estimate of drug-likeness (QED) is 0.464. The molecule has 0 aromatic heterocycles. The van der Waals surface area contributed by atoms with Crippen LogP contribution in [0.5, 0.6) is 0 Å². The van der Waals surface area contributed by atoms with Crippen LogP contribution in [0.4, 0.5) is 4.79 Å². The topological polar surface area (TPSA) is 105 Å². The Morgan fingerprint density at radius 2 is 1.60 bits per heavy atom. The molecular weight excluding hydrogens is 444 g/mol. The van der Waals surface area contributed by atoms with Crippen LogP contribution >= 0.6 is 0 Å². The highest BCUT2D eigenvalue weighted by atomic mass is 16.5. The van der Waals surface area contributed by atoms with Crippen molar-refractivity contribution in [1.29, 1.82) is 0 Å². The zero-order valence-electron chi connectivity index (χ0n) is 20.3. The van der Waals surface area contributed by atoms with Crippen molar-refractivity contribution in [3.63, 3.8) is 0 Å². The number of alkyl carbamates (subject to hydrolysis) is 1. The van der Waals surface area contributed by atoms with E-state index in [1.807, 2.05) is 38.1 Å². The first-order valence-electron chi connectivity index (χ1n) is 12.5. The van der Waals surface area contributed by atoms with Gasteiger partial charge in [0, 0.05) is 18.9 Å². The number of carboxylic acids is 1. The number of carboxylic acid groups (broad SMARTS) is 1. The second-order valence-corrected chi connectivity index (χ2v) is 9.88. The van der Waals surface area contributed by atoms with E-state index < -0.39 is 18.1 Å². The van der Waals surface area contributed by atoms with Crippen LogP contribution in [0.25, 0.3) is 11.1 Å². The van der Waals surface area contributed by atoms with Gasteiger partial charge in [-0.05, 0) is 52.8 Å². The van der Waals surface area contributed by atoms with Crippen LogP contribution in [-0.2, 0) is 14.3 Å². The minimum Gasteiger partial charge on any atom is -0.481 e. The van der Waals surface area contributed by atoms with Crippen LogP contribution in [0.2, 0.25) is 0 Å². The number of hydrogen-bond acceptors (Lipinski definition) is 4. The summed E-state index contributed by atoms with van der Waals surface area (Å²) >= 11 is 0. The number of carbonyl (C=O) groups is 3. The van der Waals surface area contributed by atoms with Gasteiger partial charge in [-0.15, -0.1) is 0 Å². The average Bonchev–Trinajstić information content (AvgIpc) is 3.15. The smallest absolute Gasteiger partial charge is 0.407 e. The first-order valence-corrected chi connectivity index (χ1v) is 12.5. The number of aliphatic carboxylic acids is 1. The third-order valence-corrected chi connectivity index (χ3v) is 7.47. The Labute approximate surface area is 206 Å². The summed E-state index contributed by atoms with van der Waals surface area (Å²) in [5.74, 6) is -0.622. The molecule has 2 aromatic rings. The number of hydrogen-bond donors (Lipinski definition) is 3. The Bertz CT molecular complexity index is 1030. The van der Waals surface area contributed by atoms with Gasteiger partial charge in [-0.3, -0.25) is 9.59 Å². The van der Waals surface area contributed by atoms with Gasteiger partial charge in [-0.25, -0.2) is 4.79 Å². The molecule has 0 saturated heterocycles. The fraction of sp³-hybridized carbons (Fsp3) is 0.464. The highest BCUT2D eigenvalue weighted by Crippen LogP contribution is 2.44. The normalized spacial score (nSPS) is 20.1. The largest absolute Gasteiger partial charge is 0.481 e. The fourth-order valence-electron chi connectivity index (χ4n) is 5.28. The van der Waals surface area contributed by atoms with Crippen molar-refractivity contribution in [3.05, 3.63) is 59.7 Å². The van der Waals surface area contributed by atoms with Crippen LogP contribution in [-0.4, -0.2) is 42.3 Å². The van der Waals surface area contributed by atoms with E-state index in [2.05, 4.69) is 34.9 Å². The van der Waals surface area contributed by atoms with Gasteiger partial charge >= 0.3 is 12.1 Å². The molecule has 0 radical (unpaired) electrons. The molecule has 186 valence electrons. The monoisotopic (exact) mass is 478 g/mol. The standard InChI is InChI=1S/C28H34N2O5/c1-3-17(2)26(27(33)29-15-19-12-18(13-19)14-25(31)32)30-28(34)35-16-24-22-10-6-4-8-20(22)21-9-5-7-11-23(21)24/h4-11,17-19,24,26H,3,12-16H2,1-2H3,(H,29,33)(H,30,34)(H,31,32)/t17?,18?,19?,26-/m0/s1. The Morgan fingerprint density at radius 1 is 1.00 bits per heavy atom. The number of ether oxygens (including phenoxy) is 1. The van der Waals surface area contributed by atoms with Gasteiger partial charge in [0.15, 0.2) is 0 Å². The molecule has 7 nitrogen and oxygen atoms in total. The van der Waals surface area contributed by atoms with Crippen molar-refractivity contribution in [2.24, 2.45) is 17.8 Å². The van der Waals surface area contributed by atoms with E-state index in [-0.39, 0.29) is 42.6 Å². The zero-order valence-corrected chi connectivity index (χ0v) is 20.3. The molecule has 0 spiro atoms. The van der Waals surface area contributed by atoms with E-state index in [1.54, 1.807) is 0 Å². The zero-order chi connectivity index (χ0) is 24.9. The van der Waals surface area contributed by atoms with Gasteiger partial charge in [-0.1, -0.05) is 68.8 Å². The van der Waals surface area contributed by atoms with Crippen molar-refractivity contribution in [3.8, 4) is 11.1 Å². The number of benzene rings is 2. The maximum absolute atomic E-state index is 12.9. The predicted molar refractivity (Wildman–Crippen MR) is 133 cm³/mol. The minimum absolute atomic E-state index is 0.0404. The molecule has 0 bridgehead atoms. The molecule has 1 saturated carbocycles. The second-order valence-electron chi connectivity index (χ2n) is 9.88. The number of fused-ring (bicyclic) bond motifs is 3. The molecule has 2 atom stereocenters. The SMILES string of the molecule is CCC(C)[C@H](NC(=O)OCC1c2ccccc2-c2ccccc21)C(=O)NCC1CC(CC(=O)O)C1. The van der Waals surface area contributed by atoms with Crippen molar-refractivity contribution < 1.29 is 24.2 Å². The molecule has 7 heteroatoms. The van der Waals surface area contributed by atoms with Crippen molar-refractivity contribution in [2.45, 2.75) is 51.5 Å². The lowest BCUT2D eigenvalue weighted by molar-refractivity contribution is -0.139.